The van der Waals surface area contributed by atoms with Gasteiger partial charge in [0.25, 0.3) is 0 Å². The summed E-state index contributed by atoms with van der Waals surface area (Å²) in [5.41, 5.74) is 0.356. The minimum atomic E-state index is -0.539. The van der Waals surface area contributed by atoms with Crippen molar-refractivity contribution in [3.8, 4) is 0 Å². The topological polar surface area (TPSA) is 104 Å². The highest BCUT2D eigenvalue weighted by Gasteiger charge is 2.21. The Balaban J connectivity index is 1.66. The largest absolute Gasteiger partial charge is 0.444 e. The Morgan fingerprint density at radius 3 is 2.67 bits per heavy atom. The number of halogens is 1. The smallest absolute Gasteiger partial charge is 0.407 e. The Bertz CT molecular complexity index is 815. The van der Waals surface area contributed by atoms with E-state index in [1.807, 2.05) is 45.0 Å². The first-order chi connectivity index (χ1) is 14.3. The highest BCUT2D eigenvalue weighted by Crippen LogP contribution is 2.23. The van der Waals surface area contributed by atoms with Gasteiger partial charge in [-0.1, -0.05) is 11.6 Å². The molecular weight excluding hydrogens is 408 g/mol. The molecule has 1 atom stereocenters. The minimum absolute atomic E-state index is 0.191. The van der Waals surface area contributed by atoms with Crippen molar-refractivity contribution in [3.05, 3.63) is 35.1 Å². The van der Waals surface area contributed by atoms with Crippen molar-refractivity contribution in [1.29, 1.82) is 0 Å². The van der Waals surface area contributed by atoms with E-state index >= 15 is 0 Å². The Labute approximate surface area is 181 Å². The van der Waals surface area contributed by atoms with E-state index in [0.717, 1.165) is 18.8 Å². The van der Waals surface area contributed by atoms with Crippen molar-refractivity contribution in [2.24, 2.45) is 0 Å². The summed E-state index contributed by atoms with van der Waals surface area (Å²) in [6, 6.07) is 7.24. The van der Waals surface area contributed by atoms with Crippen LogP contribution in [0.4, 0.5) is 16.4 Å². The number of anilines is 2. The molecule has 1 aromatic heterocycles. The molecule has 3 N–H and O–H groups in total. The summed E-state index contributed by atoms with van der Waals surface area (Å²) in [6.45, 7) is 8.75. The van der Waals surface area contributed by atoms with Crippen LogP contribution < -0.4 is 15.5 Å². The van der Waals surface area contributed by atoms with Gasteiger partial charge in [0.2, 0.25) is 5.95 Å². The number of hydrogen-bond donors (Lipinski definition) is 3. The predicted molar refractivity (Wildman–Crippen MR) is 116 cm³/mol. The number of hydrogen-bond acceptors (Lipinski definition) is 7. The van der Waals surface area contributed by atoms with Gasteiger partial charge in [0.1, 0.15) is 11.4 Å². The number of carbonyl (C=O) groups excluding carboxylic acids is 1. The molecule has 0 saturated carbocycles. The third-order valence-corrected chi connectivity index (χ3v) is 4.65. The summed E-state index contributed by atoms with van der Waals surface area (Å²) < 4.78 is 10.7. The maximum atomic E-state index is 12.0. The SMILES string of the molecule is CC(C)(C)OC(=O)NCCC(Nc1ccc(Cl)cc1)c1nc(N2CCOCC2)n[nH]1. The molecule has 0 radical (unpaired) electrons. The lowest BCUT2D eigenvalue weighted by molar-refractivity contribution is 0.0526. The summed E-state index contributed by atoms with van der Waals surface area (Å²) in [7, 11) is 0. The molecule has 1 aliphatic rings. The van der Waals surface area contributed by atoms with Crippen molar-refractivity contribution in [2.45, 2.75) is 38.8 Å². The molecule has 1 saturated heterocycles. The van der Waals surface area contributed by atoms with Crippen molar-refractivity contribution in [3.63, 3.8) is 0 Å². The molecule has 9 nitrogen and oxygen atoms in total. The second kappa shape index (κ2) is 9.99. The van der Waals surface area contributed by atoms with E-state index in [1.165, 1.54) is 0 Å². The second-order valence-electron chi connectivity index (χ2n) is 8.04. The van der Waals surface area contributed by atoms with E-state index in [4.69, 9.17) is 21.1 Å². The molecule has 30 heavy (non-hydrogen) atoms. The monoisotopic (exact) mass is 436 g/mol. The van der Waals surface area contributed by atoms with Crippen LogP contribution in [0.2, 0.25) is 5.02 Å². The molecule has 1 fully saturated rings. The van der Waals surface area contributed by atoms with Crippen LogP contribution >= 0.6 is 11.6 Å². The molecule has 10 heteroatoms. The van der Waals surface area contributed by atoms with Gasteiger partial charge in [-0.15, -0.1) is 5.10 Å². The average Bonchev–Trinajstić information content (AvgIpc) is 3.18. The lowest BCUT2D eigenvalue weighted by Gasteiger charge is -2.25. The average molecular weight is 437 g/mol. The van der Waals surface area contributed by atoms with Crippen LogP contribution in [0.15, 0.2) is 24.3 Å². The lowest BCUT2D eigenvalue weighted by Crippen LogP contribution is -2.37. The van der Waals surface area contributed by atoms with Crippen LogP contribution in [0.5, 0.6) is 0 Å². The molecule has 1 amide bonds. The third-order valence-electron chi connectivity index (χ3n) is 4.40. The van der Waals surface area contributed by atoms with Crippen LogP contribution in [0.1, 0.15) is 39.1 Å². The van der Waals surface area contributed by atoms with Gasteiger partial charge in [-0.3, -0.25) is 5.10 Å². The Kier molecular flexibility index (Phi) is 7.38. The maximum absolute atomic E-state index is 12.0. The summed E-state index contributed by atoms with van der Waals surface area (Å²) in [5, 5.41) is 14.3. The van der Waals surface area contributed by atoms with Crippen LogP contribution in [0.25, 0.3) is 0 Å². The number of nitrogens with one attached hydrogen (secondary N) is 3. The van der Waals surface area contributed by atoms with Crippen molar-refractivity contribution in [2.75, 3.05) is 43.1 Å². The number of alkyl carbamates (subject to hydrolysis) is 1. The van der Waals surface area contributed by atoms with Gasteiger partial charge in [-0.2, -0.15) is 4.98 Å². The Morgan fingerprint density at radius 2 is 2.00 bits per heavy atom. The first-order valence-corrected chi connectivity index (χ1v) is 10.4. The predicted octanol–water partition coefficient (Wildman–Crippen LogP) is 3.36. The zero-order valence-corrected chi connectivity index (χ0v) is 18.3. The van der Waals surface area contributed by atoms with E-state index in [2.05, 4.69) is 30.7 Å². The molecule has 0 bridgehead atoms. The number of ether oxygens (including phenoxy) is 2. The number of nitrogens with zero attached hydrogens (tertiary/aromatic N) is 3. The van der Waals surface area contributed by atoms with Crippen molar-refractivity contribution < 1.29 is 14.3 Å². The highest BCUT2D eigenvalue weighted by atomic mass is 35.5. The fourth-order valence-corrected chi connectivity index (χ4v) is 3.11. The fourth-order valence-electron chi connectivity index (χ4n) is 2.98. The summed E-state index contributed by atoms with van der Waals surface area (Å²) in [6.07, 6.45) is 0.138. The maximum Gasteiger partial charge on any atom is 0.407 e. The molecule has 164 valence electrons. The van der Waals surface area contributed by atoms with E-state index < -0.39 is 11.7 Å². The molecule has 1 aliphatic heterocycles. The molecule has 0 spiro atoms. The Morgan fingerprint density at radius 1 is 1.30 bits per heavy atom. The Hall–Kier alpha value is -2.52. The van der Waals surface area contributed by atoms with E-state index in [9.17, 15) is 4.79 Å². The molecular formula is C20H29ClN6O3. The number of aromatic nitrogens is 3. The van der Waals surface area contributed by atoms with Gasteiger partial charge in [0.15, 0.2) is 0 Å². The van der Waals surface area contributed by atoms with Crippen molar-refractivity contribution in [1.82, 2.24) is 20.5 Å². The quantitative estimate of drug-likeness (QED) is 0.611. The number of benzene rings is 1. The molecule has 2 aromatic rings. The third kappa shape index (κ3) is 6.77. The number of H-pyrrole nitrogens is 1. The van der Waals surface area contributed by atoms with Crippen LogP contribution in [-0.2, 0) is 9.47 Å². The summed E-state index contributed by atoms with van der Waals surface area (Å²) in [5.74, 6) is 1.34. The number of carbonyl (C=O) groups is 1. The zero-order valence-electron chi connectivity index (χ0n) is 17.6. The van der Waals surface area contributed by atoms with Gasteiger partial charge in [-0.25, -0.2) is 4.79 Å². The molecule has 1 unspecified atom stereocenters. The highest BCUT2D eigenvalue weighted by molar-refractivity contribution is 6.30. The number of aromatic amines is 1. The fraction of sp³-hybridized carbons (Fsp3) is 0.550. The molecule has 1 aromatic carbocycles. The van der Waals surface area contributed by atoms with Crippen molar-refractivity contribution >= 4 is 29.3 Å². The molecule has 3 rings (SSSR count). The minimum Gasteiger partial charge on any atom is -0.444 e. The van der Waals surface area contributed by atoms with Gasteiger partial charge >= 0.3 is 6.09 Å². The van der Waals surface area contributed by atoms with Crippen LogP contribution in [-0.4, -0.2) is 59.7 Å². The van der Waals surface area contributed by atoms with E-state index in [-0.39, 0.29) is 6.04 Å². The van der Waals surface area contributed by atoms with Crippen LogP contribution in [0.3, 0.4) is 0 Å². The summed E-state index contributed by atoms with van der Waals surface area (Å²) >= 11 is 5.99. The number of amides is 1. The first-order valence-electron chi connectivity index (χ1n) is 10.0. The van der Waals surface area contributed by atoms with E-state index in [1.54, 1.807) is 0 Å². The van der Waals surface area contributed by atoms with Gasteiger partial charge in [0.05, 0.1) is 19.3 Å². The van der Waals surface area contributed by atoms with E-state index in [0.29, 0.717) is 43.0 Å². The second-order valence-corrected chi connectivity index (χ2v) is 8.48. The normalized spacial score (nSPS) is 15.5. The van der Waals surface area contributed by atoms with Gasteiger partial charge < -0.3 is 25.0 Å². The zero-order chi connectivity index (χ0) is 21.6. The first kappa shape index (κ1) is 22.2. The van der Waals surface area contributed by atoms with Gasteiger partial charge in [0, 0.05) is 30.3 Å². The van der Waals surface area contributed by atoms with Crippen LogP contribution in [0, 0.1) is 0 Å². The standard InChI is InChI=1S/C20H29ClN6O3/c1-20(2,3)30-19(28)22-9-8-16(23-15-6-4-14(21)5-7-15)17-24-18(26-25-17)27-10-12-29-13-11-27/h4-7,16,23H,8-13H2,1-3H3,(H,22,28)(H,24,25,26). The summed E-state index contributed by atoms with van der Waals surface area (Å²) in [4.78, 5) is 18.7. The van der Waals surface area contributed by atoms with Gasteiger partial charge in [-0.05, 0) is 51.5 Å². The molecule has 2 heterocycles. The number of morpholine rings is 1. The molecule has 0 aliphatic carbocycles. The number of rotatable bonds is 7. The lowest BCUT2D eigenvalue weighted by atomic mass is 10.1.